The molecule has 1 N–H and O–H groups in total. The van der Waals surface area contributed by atoms with Gasteiger partial charge in [-0.3, -0.25) is 0 Å². The number of benzene rings is 1. The fourth-order valence-electron chi connectivity index (χ4n) is 1.38. The molecule has 0 fully saturated rings. The van der Waals surface area contributed by atoms with Gasteiger partial charge >= 0.3 is 0 Å². The van der Waals surface area contributed by atoms with Gasteiger partial charge in [0.2, 0.25) is 10.0 Å². The number of nitrogens with zero attached hydrogens (tertiary/aromatic N) is 1. The third kappa shape index (κ3) is 3.95. The lowest BCUT2D eigenvalue weighted by Gasteiger charge is -2.12. The molecule has 0 aliphatic heterocycles. The Balaban J connectivity index is 3.03. The normalized spacial score (nSPS) is 13.0. The molecule has 1 rings (SSSR count). The zero-order chi connectivity index (χ0) is 13.8. The second-order valence-electron chi connectivity index (χ2n) is 3.67. The summed E-state index contributed by atoms with van der Waals surface area (Å²) in [5.41, 5.74) is 0. The molecule has 0 saturated heterocycles. The van der Waals surface area contributed by atoms with Crippen LogP contribution in [0.2, 0.25) is 5.02 Å². The van der Waals surface area contributed by atoms with E-state index in [1.165, 1.54) is 12.1 Å². The second kappa shape index (κ2) is 6.53. The average Bonchev–Trinajstić information content (AvgIpc) is 2.27. The van der Waals surface area contributed by atoms with E-state index in [4.69, 9.17) is 16.9 Å². The third-order valence-electron chi connectivity index (χ3n) is 2.21. The van der Waals surface area contributed by atoms with Crippen molar-refractivity contribution in [1.82, 2.24) is 4.72 Å². The molecule has 18 heavy (non-hydrogen) atoms. The fourth-order valence-corrected chi connectivity index (χ4v) is 3.60. The van der Waals surface area contributed by atoms with Crippen LogP contribution in [0, 0.1) is 11.3 Å². The van der Waals surface area contributed by atoms with Crippen LogP contribution in [0.3, 0.4) is 0 Å². The average molecular weight is 352 g/mol. The van der Waals surface area contributed by atoms with Crippen LogP contribution in [0.15, 0.2) is 27.6 Å². The van der Waals surface area contributed by atoms with Crippen molar-refractivity contribution >= 4 is 37.6 Å². The summed E-state index contributed by atoms with van der Waals surface area (Å²) in [6.45, 7) is 1.88. The van der Waals surface area contributed by atoms with Crippen LogP contribution < -0.4 is 4.72 Å². The zero-order valence-electron chi connectivity index (χ0n) is 9.65. The molecular weight excluding hydrogens is 340 g/mol. The first kappa shape index (κ1) is 15.4. The molecule has 0 amide bonds. The van der Waals surface area contributed by atoms with E-state index < -0.39 is 16.1 Å². The van der Waals surface area contributed by atoms with Gasteiger partial charge in [-0.2, -0.15) is 9.98 Å². The summed E-state index contributed by atoms with van der Waals surface area (Å²) in [4.78, 5) is -0.0243. The highest BCUT2D eigenvalue weighted by atomic mass is 79.9. The van der Waals surface area contributed by atoms with Crippen LogP contribution in [-0.4, -0.2) is 14.5 Å². The number of nitriles is 1. The highest BCUT2D eigenvalue weighted by Crippen LogP contribution is 2.25. The Labute approximate surface area is 120 Å². The first-order chi connectivity index (χ1) is 8.40. The molecule has 1 atom stereocenters. The van der Waals surface area contributed by atoms with E-state index in [2.05, 4.69) is 20.7 Å². The molecule has 4 nitrogen and oxygen atoms in total. The molecule has 7 heteroatoms. The van der Waals surface area contributed by atoms with Crippen LogP contribution in [0.4, 0.5) is 0 Å². The fraction of sp³-hybridized carbons (Fsp3) is 0.364. The number of hydrogen-bond donors (Lipinski definition) is 1. The van der Waals surface area contributed by atoms with Gasteiger partial charge < -0.3 is 0 Å². The van der Waals surface area contributed by atoms with Crippen molar-refractivity contribution in [2.75, 3.05) is 0 Å². The maximum atomic E-state index is 12.0. The predicted molar refractivity (Wildman–Crippen MR) is 73.8 cm³/mol. The van der Waals surface area contributed by atoms with E-state index in [0.717, 1.165) is 6.42 Å². The smallest absolute Gasteiger partial charge is 0.207 e. The molecule has 0 spiro atoms. The summed E-state index contributed by atoms with van der Waals surface area (Å²) in [5.74, 6) is 0. The monoisotopic (exact) mass is 350 g/mol. The van der Waals surface area contributed by atoms with E-state index in [-0.39, 0.29) is 9.92 Å². The van der Waals surface area contributed by atoms with E-state index in [9.17, 15) is 8.42 Å². The van der Waals surface area contributed by atoms with Gasteiger partial charge in [-0.25, -0.2) is 8.42 Å². The van der Waals surface area contributed by atoms with Crippen LogP contribution in [0.25, 0.3) is 0 Å². The van der Waals surface area contributed by atoms with Crippen molar-refractivity contribution in [3.05, 3.63) is 27.7 Å². The lowest BCUT2D eigenvalue weighted by Crippen LogP contribution is -2.33. The van der Waals surface area contributed by atoms with Gasteiger partial charge in [0.1, 0.15) is 10.9 Å². The molecule has 0 heterocycles. The lowest BCUT2D eigenvalue weighted by atomic mass is 10.2. The number of nitrogens with one attached hydrogen (secondary N) is 1. The van der Waals surface area contributed by atoms with Gasteiger partial charge in [-0.15, -0.1) is 0 Å². The third-order valence-corrected chi connectivity index (χ3v) is 4.66. The van der Waals surface area contributed by atoms with Crippen molar-refractivity contribution < 1.29 is 8.42 Å². The molecule has 0 aliphatic rings. The molecule has 1 aromatic rings. The maximum Gasteiger partial charge on any atom is 0.243 e. The minimum Gasteiger partial charge on any atom is -0.207 e. The van der Waals surface area contributed by atoms with E-state index in [1.807, 2.05) is 13.0 Å². The van der Waals surface area contributed by atoms with Gasteiger partial charge in [0, 0.05) is 4.47 Å². The van der Waals surface area contributed by atoms with Gasteiger partial charge in [0.25, 0.3) is 0 Å². The van der Waals surface area contributed by atoms with Gasteiger partial charge in [-0.05, 0) is 24.6 Å². The largest absolute Gasteiger partial charge is 0.243 e. The Morgan fingerprint density at radius 3 is 2.72 bits per heavy atom. The van der Waals surface area contributed by atoms with Gasteiger partial charge in [-0.1, -0.05) is 40.9 Å². The predicted octanol–water partition coefficient (Wildman–Crippen LogP) is 3.07. The summed E-state index contributed by atoms with van der Waals surface area (Å²) in [7, 11) is -3.77. The first-order valence-corrected chi connectivity index (χ1v) is 7.93. The van der Waals surface area contributed by atoms with Gasteiger partial charge in [0.15, 0.2) is 0 Å². The molecule has 0 bridgehead atoms. The van der Waals surface area contributed by atoms with Crippen LogP contribution in [-0.2, 0) is 10.0 Å². The standard InChI is InChI=1S/C11H12BrClN2O2S/c1-2-3-9(7-14)15-18(16,17)11-5-4-8(12)6-10(11)13/h4-6,9,15H,2-3H2,1H3. The molecule has 0 radical (unpaired) electrons. The summed E-state index contributed by atoms with van der Waals surface area (Å²) >= 11 is 9.09. The molecular formula is C11H12BrClN2O2S. The van der Waals surface area contributed by atoms with Crippen LogP contribution in [0.5, 0.6) is 0 Å². The number of rotatable bonds is 5. The molecule has 0 aromatic heterocycles. The highest BCUT2D eigenvalue weighted by molar-refractivity contribution is 9.10. The van der Waals surface area contributed by atoms with E-state index >= 15 is 0 Å². The Morgan fingerprint density at radius 2 is 2.22 bits per heavy atom. The summed E-state index contributed by atoms with van der Waals surface area (Å²) < 4.78 is 27.1. The maximum absolute atomic E-state index is 12.0. The van der Waals surface area contributed by atoms with Crippen LogP contribution in [0.1, 0.15) is 19.8 Å². The second-order valence-corrected chi connectivity index (χ2v) is 6.67. The van der Waals surface area contributed by atoms with Crippen molar-refractivity contribution in [2.24, 2.45) is 0 Å². The molecule has 0 aliphatic carbocycles. The topological polar surface area (TPSA) is 70.0 Å². The Bertz CT molecular complexity index is 569. The van der Waals surface area contributed by atoms with Crippen molar-refractivity contribution in [1.29, 1.82) is 5.26 Å². The minimum atomic E-state index is -3.77. The zero-order valence-corrected chi connectivity index (χ0v) is 12.8. The summed E-state index contributed by atoms with van der Waals surface area (Å²) in [6, 6.07) is 5.66. The molecule has 98 valence electrons. The molecule has 0 saturated carbocycles. The lowest BCUT2D eigenvalue weighted by molar-refractivity contribution is 0.563. The number of hydrogen-bond acceptors (Lipinski definition) is 3. The number of sulfonamides is 1. The number of halogens is 2. The Hall–Kier alpha value is -0.610. The van der Waals surface area contributed by atoms with Crippen molar-refractivity contribution in [2.45, 2.75) is 30.7 Å². The first-order valence-electron chi connectivity index (χ1n) is 5.27. The van der Waals surface area contributed by atoms with Gasteiger partial charge in [0.05, 0.1) is 11.1 Å². The Morgan fingerprint density at radius 1 is 1.56 bits per heavy atom. The van der Waals surface area contributed by atoms with Crippen LogP contribution >= 0.6 is 27.5 Å². The van der Waals surface area contributed by atoms with E-state index in [0.29, 0.717) is 10.9 Å². The van der Waals surface area contributed by atoms with Crippen molar-refractivity contribution in [3.63, 3.8) is 0 Å². The quantitative estimate of drug-likeness (QED) is 0.886. The molecule has 1 unspecified atom stereocenters. The van der Waals surface area contributed by atoms with Crippen molar-refractivity contribution in [3.8, 4) is 6.07 Å². The SMILES string of the molecule is CCCC(C#N)NS(=O)(=O)c1ccc(Br)cc1Cl. The van der Waals surface area contributed by atoms with E-state index in [1.54, 1.807) is 6.07 Å². The highest BCUT2D eigenvalue weighted by Gasteiger charge is 2.21. The minimum absolute atomic E-state index is 0.0243. The summed E-state index contributed by atoms with van der Waals surface area (Å²) in [5, 5.41) is 8.98. The summed E-state index contributed by atoms with van der Waals surface area (Å²) in [6.07, 6.45) is 1.18. The molecule has 1 aromatic carbocycles. The Kier molecular flexibility index (Phi) is 5.60.